The number of thiazole rings is 1. The number of halogens is 7. The molecule has 4 rings (SSSR count). The van der Waals surface area contributed by atoms with Gasteiger partial charge in [0.15, 0.2) is 0 Å². The summed E-state index contributed by atoms with van der Waals surface area (Å²) in [5.74, 6) is -1.16. The molecule has 0 spiro atoms. The van der Waals surface area contributed by atoms with Crippen LogP contribution in [0.1, 0.15) is 47.2 Å². The minimum absolute atomic E-state index is 0.105. The van der Waals surface area contributed by atoms with Crippen molar-refractivity contribution >= 4 is 23.0 Å². The molecule has 196 valence electrons. The van der Waals surface area contributed by atoms with Crippen LogP contribution in [0.5, 0.6) is 0 Å². The molecule has 0 unspecified atom stereocenters. The number of hydrogen-bond donors (Lipinski definition) is 0. The van der Waals surface area contributed by atoms with Crippen LogP contribution < -0.4 is 0 Å². The highest BCUT2D eigenvalue weighted by Crippen LogP contribution is 2.40. The first-order valence-corrected chi connectivity index (χ1v) is 11.7. The van der Waals surface area contributed by atoms with Gasteiger partial charge in [0.05, 0.1) is 29.4 Å². The lowest BCUT2D eigenvalue weighted by Crippen LogP contribution is -2.31. The maximum atomic E-state index is 14.0. The number of alkyl halides is 6. The van der Waals surface area contributed by atoms with Crippen LogP contribution in [0.25, 0.3) is 16.8 Å². The minimum atomic E-state index is -4.83. The van der Waals surface area contributed by atoms with Crippen molar-refractivity contribution in [2.45, 2.75) is 44.9 Å². The van der Waals surface area contributed by atoms with Crippen LogP contribution >= 0.6 is 11.3 Å². The van der Waals surface area contributed by atoms with Crippen LogP contribution in [0.3, 0.4) is 0 Å². The van der Waals surface area contributed by atoms with Crippen LogP contribution in [0.4, 0.5) is 35.5 Å². The summed E-state index contributed by atoms with van der Waals surface area (Å²) in [6.45, 7) is 6.64. The third-order valence-electron chi connectivity index (χ3n) is 5.89. The molecule has 0 aliphatic carbocycles. The van der Waals surface area contributed by atoms with E-state index in [0.717, 1.165) is 23.1 Å². The molecular formula is C25H19F7N2O2S. The first kappa shape index (κ1) is 26.6. The molecule has 1 amide bonds. The Balaban J connectivity index is 1.71. The zero-order valence-electron chi connectivity index (χ0n) is 19.4. The number of carbonyl (C=O) groups excluding carboxylic acids is 1. The number of aromatic nitrogens is 1. The number of nitrogens with zero attached hydrogens (tertiary/aromatic N) is 2. The fourth-order valence-corrected chi connectivity index (χ4v) is 4.78. The van der Waals surface area contributed by atoms with E-state index in [2.05, 4.69) is 11.6 Å². The lowest BCUT2D eigenvalue weighted by molar-refractivity contribution is -0.138. The van der Waals surface area contributed by atoms with Gasteiger partial charge >= 0.3 is 18.4 Å². The van der Waals surface area contributed by atoms with Crippen molar-refractivity contribution in [3.63, 3.8) is 0 Å². The lowest BCUT2D eigenvalue weighted by Gasteiger charge is -2.23. The molecule has 2 heterocycles. The number of carbonyl (C=O) groups is 1. The van der Waals surface area contributed by atoms with Crippen LogP contribution in [0.15, 0.2) is 48.4 Å². The van der Waals surface area contributed by atoms with Gasteiger partial charge in [-0.3, -0.25) is 4.90 Å². The summed E-state index contributed by atoms with van der Waals surface area (Å²) in [6, 6.07) is 3.97. The van der Waals surface area contributed by atoms with E-state index in [0.29, 0.717) is 34.0 Å². The number of amides is 1. The number of hydrogen-bond acceptors (Lipinski definition) is 4. The molecule has 1 aliphatic heterocycles. The van der Waals surface area contributed by atoms with E-state index in [-0.39, 0.29) is 17.7 Å². The summed E-state index contributed by atoms with van der Waals surface area (Å²) in [4.78, 5) is 18.2. The fourth-order valence-electron chi connectivity index (χ4n) is 4.03. The summed E-state index contributed by atoms with van der Waals surface area (Å²) < 4.78 is 99.2. The van der Waals surface area contributed by atoms with Gasteiger partial charge in [-0.2, -0.15) is 26.3 Å². The molecule has 37 heavy (non-hydrogen) atoms. The molecule has 1 aromatic heterocycles. The van der Waals surface area contributed by atoms with Gasteiger partial charge in [-0.05, 0) is 60.9 Å². The van der Waals surface area contributed by atoms with Gasteiger partial charge in [0, 0.05) is 10.9 Å². The normalized spacial score (nSPS) is 18.3. The summed E-state index contributed by atoms with van der Waals surface area (Å²) >= 11 is 1.25. The molecule has 1 fully saturated rings. The predicted molar refractivity (Wildman–Crippen MR) is 123 cm³/mol. The van der Waals surface area contributed by atoms with Crippen molar-refractivity contribution in [2.24, 2.45) is 0 Å². The minimum Gasteiger partial charge on any atom is -0.439 e. The van der Waals surface area contributed by atoms with Crippen molar-refractivity contribution in [1.82, 2.24) is 9.88 Å². The standard InChI is InChI=1S/C25H19F7N2O2S/c1-12(2)22-33-20(11-37-22)19-5-4-16(24(27,28)29)7-15(19)10-34-13(3)21(36-23(34)35)14-6-17(25(30,31)32)9-18(26)8-14/h4-9,11,13,21H,1,10H2,2-3H3/t13-,21-/m0/s1. The molecule has 1 aliphatic rings. The quantitative estimate of drug-likeness (QED) is 0.305. The molecule has 1 saturated heterocycles. The number of cyclic esters (lactones) is 1. The summed E-state index contributed by atoms with van der Waals surface area (Å²) in [5.41, 5.74) is -0.926. The van der Waals surface area contributed by atoms with Gasteiger partial charge in [-0.15, -0.1) is 11.3 Å². The van der Waals surface area contributed by atoms with E-state index < -0.39 is 47.5 Å². The Morgan fingerprint density at radius 2 is 1.76 bits per heavy atom. The van der Waals surface area contributed by atoms with Gasteiger partial charge in [0.25, 0.3) is 0 Å². The van der Waals surface area contributed by atoms with Crippen LogP contribution in [-0.2, 0) is 23.6 Å². The number of ether oxygens (including phenoxy) is 1. The Morgan fingerprint density at radius 3 is 2.35 bits per heavy atom. The van der Waals surface area contributed by atoms with Crippen molar-refractivity contribution in [3.8, 4) is 11.3 Å². The Morgan fingerprint density at radius 1 is 1.08 bits per heavy atom. The van der Waals surface area contributed by atoms with Gasteiger partial charge in [-0.25, -0.2) is 14.2 Å². The highest BCUT2D eigenvalue weighted by atomic mass is 32.1. The van der Waals surface area contributed by atoms with Gasteiger partial charge in [0.1, 0.15) is 16.9 Å². The third kappa shape index (κ3) is 5.48. The van der Waals surface area contributed by atoms with E-state index in [1.807, 2.05) is 0 Å². The first-order valence-electron chi connectivity index (χ1n) is 10.8. The zero-order valence-corrected chi connectivity index (χ0v) is 20.2. The van der Waals surface area contributed by atoms with Gasteiger partial charge in [0.2, 0.25) is 0 Å². The molecule has 2 atom stereocenters. The Hall–Kier alpha value is -3.41. The highest BCUT2D eigenvalue weighted by Gasteiger charge is 2.42. The molecule has 3 aromatic rings. The predicted octanol–water partition coefficient (Wildman–Crippen LogP) is 8.10. The summed E-state index contributed by atoms with van der Waals surface area (Å²) in [7, 11) is 0. The van der Waals surface area contributed by atoms with E-state index in [9.17, 15) is 35.5 Å². The van der Waals surface area contributed by atoms with Crippen molar-refractivity contribution in [1.29, 1.82) is 0 Å². The third-order valence-corrected chi connectivity index (χ3v) is 6.89. The van der Waals surface area contributed by atoms with E-state index in [4.69, 9.17) is 4.74 Å². The smallest absolute Gasteiger partial charge is 0.416 e. The SMILES string of the molecule is C=C(C)c1nc(-c2ccc(C(F)(F)F)cc2CN2C(=O)O[C@H](c3cc(F)cc(C(F)(F)F)c3)[C@@H]2C)cs1. The highest BCUT2D eigenvalue weighted by molar-refractivity contribution is 7.11. The van der Waals surface area contributed by atoms with E-state index in [1.165, 1.54) is 24.3 Å². The maximum Gasteiger partial charge on any atom is 0.416 e. The Kier molecular flexibility index (Phi) is 6.82. The van der Waals surface area contributed by atoms with Gasteiger partial charge < -0.3 is 4.74 Å². The largest absolute Gasteiger partial charge is 0.439 e. The number of rotatable bonds is 5. The molecule has 4 nitrogen and oxygen atoms in total. The Labute approximate surface area is 211 Å². The second kappa shape index (κ2) is 9.47. The summed E-state index contributed by atoms with van der Waals surface area (Å²) in [6.07, 6.45) is -11.7. The topological polar surface area (TPSA) is 42.4 Å². The average molecular weight is 544 g/mol. The molecule has 0 N–H and O–H groups in total. The Bertz CT molecular complexity index is 1360. The second-order valence-electron chi connectivity index (χ2n) is 8.63. The molecule has 0 saturated carbocycles. The fraction of sp³-hybridized carbons (Fsp3) is 0.280. The van der Waals surface area contributed by atoms with E-state index in [1.54, 1.807) is 12.3 Å². The summed E-state index contributed by atoms with van der Waals surface area (Å²) in [5, 5.41) is 2.23. The van der Waals surface area contributed by atoms with Crippen molar-refractivity contribution < 1.29 is 40.3 Å². The molecule has 0 bridgehead atoms. The lowest BCUT2D eigenvalue weighted by atomic mass is 9.98. The number of benzene rings is 2. The van der Waals surface area contributed by atoms with Crippen molar-refractivity contribution in [2.75, 3.05) is 0 Å². The average Bonchev–Trinajstić information content (AvgIpc) is 3.38. The maximum absolute atomic E-state index is 14.0. The number of allylic oxidation sites excluding steroid dienone is 1. The zero-order chi connectivity index (χ0) is 27.3. The van der Waals surface area contributed by atoms with E-state index >= 15 is 0 Å². The monoisotopic (exact) mass is 544 g/mol. The molecule has 2 aromatic carbocycles. The van der Waals surface area contributed by atoms with Gasteiger partial charge in [-0.1, -0.05) is 12.6 Å². The molecule has 12 heteroatoms. The van der Waals surface area contributed by atoms with Crippen LogP contribution in [0, 0.1) is 5.82 Å². The second-order valence-corrected chi connectivity index (χ2v) is 9.49. The van der Waals surface area contributed by atoms with Crippen LogP contribution in [-0.4, -0.2) is 22.0 Å². The first-order chi connectivity index (χ1) is 17.1. The molecule has 0 radical (unpaired) electrons. The molecular weight excluding hydrogens is 525 g/mol. The van der Waals surface area contributed by atoms with Crippen molar-refractivity contribution in [3.05, 3.63) is 81.4 Å². The van der Waals surface area contributed by atoms with Crippen LogP contribution in [0.2, 0.25) is 0 Å².